The zero-order chi connectivity index (χ0) is 14.8. The SMILES string of the molecule is COc1ccc2ccccc2c1/C=N\N1C(=O)CSC1=S. The Morgan fingerprint density at radius 1 is 1.33 bits per heavy atom. The number of thioether (sulfide) groups is 1. The first-order valence-electron chi connectivity index (χ1n) is 6.30. The van der Waals surface area contributed by atoms with Crippen LogP contribution in [0.15, 0.2) is 41.5 Å². The minimum Gasteiger partial charge on any atom is -0.496 e. The van der Waals surface area contributed by atoms with E-state index in [0.717, 1.165) is 16.3 Å². The van der Waals surface area contributed by atoms with Gasteiger partial charge in [0.2, 0.25) is 0 Å². The molecule has 2 aromatic carbocycles. The number of hydrogen-bond donors (Lipinski definition) is 0. The Hall–Kier alpha value is -1.92. The van der Waals surface area contributed by atoms with Crippen molar-refractivity contribution in [2.45, 2.75) is 0 Å². The lowest BCUT2D eigenvalue weighted by atomic mass is 10.0. The molecule has 1 fully saturated rings. The quantitative estimate of drug-likeness (QED) is 0.645. The predicted molar refractivity (Wildman–Crippen MR) is 90.0 cm³/mol. The van der Waals surface area contributed by atoms with E-state index in [1.807, 2.05) is 36.4 Å². The number of fused-ring (bicyclic) bond motifs is 1. The van der Waals surface area contributed by atoms with E-state index in [2.05, 4.69) is 5.10 Å². The Bertz CT molecular complexity index is 742. The van der Waals surface area contributed by atoms with E-state index in [1.165, 1.54) is 16.8 Å². The number of carbonyl (C=O) groups excluding carboxylic acids is 1. The molecule has 0 spiro atoms. The van der Waals surface area contributed by atoms with Gasteiger partial charge in [-0.05, 0) is 16.8 Å². The third-order valence-electron chi connectivity index (χ3n) is 3.18. The maximum Gasteiger partial charge on any atom is 0.259 e. The summed E-state index contributed by atoms with van der Waals surface area (Å²) in [5, 5.41) is 7.60. The topological polar surface area (TPSA) is 41.9 Å². The summed E-state index contributed by atoms with van der Waals surface area (Å²) in [6.07, 6.45) is 1.64. The molecule has 106 valence electrons. The summed E-state index contributed by atoms with van der Waals surface area (Å²) in [5.74, 6) is 0.964. The number of ether oxygens (including phenoxy) is 1. The molecule has 0 N–H and O–H groups in total. The van der Waals surface area contributed by atoms with Crippen LogP contribution in [0.2, 0.25) is 0 Å². The summed E-state index contributed by atoms with van der Waals surface area (Å²) < 4.78 is 5.87. The Balaban J connectivity index is 2.06. The van der Waals surface area contributed by atoms with E-state index in [9.17, 15) is 4.79 Å². The highest BCUT2D eigenvalue weighted by Crippen LogP contribution is 2.27. The van der Waals surface area contributed by atoms with Crippen molar-refractivity contribution in [3.63, 3.8) is 0 Å². The van der Waals surface area contributed by atoms with E-state index in [4.69, 9.17) is 17.0 Å². The summed E-state index contributed by atoms with van der Waals surface area (Å²) >= 11 is 6.44. The molecule has 0 aromatic heterocycles. The fourth-order valence-electron chi connectivity index (χ4n) is 2.16. The van der Waals surface area contributed by atoms with Gasteiger partial charge in [-0.2, -0.15) is 10.1 Å². The fourth-order valence-corrected chi connectivity index (χ4v) is 3.13. The van der Waals surface area contributed by atoms with Crippen LogP contribution in [0.5, 0.6) is 5.75 Å². The average Bonchev–Trinajstić information content (AvgIpc) is 2.83. The van der Waals surface area contributed by atoms with E-state index < -0.39 is 0 Å². The second-order valence-electron chi connectivity index (χ2n) is 4.41. The normalized spacial score (nSPS) is 15.4. The summed E-state index contributed by atoms with van der Waals surface area (Å²) in [6.45, 7) is 0. The van der Waals surface area contributed by atoms with Crippen LogP contribution in [0.25, 0.3) is 10.8 Å². The molecule has 0 bridgehead atoms. The van der Waals surface area contributed by atoms with Crippen LogP contribution in [-0.4, -0.2) is 34.3 Å². The molecule has 0 unspecified atom stereocenters. The van der Waals surface area contributed by atoms with Gasteiger partial charge in [0.25, 0.3) is 5.91 Å². The second-order valence-corrected chi connectivity index (χ2v) is 6.02. The molecule has 4 nitrogen and oxygen atoms in total. The monoisotopic (exact) mass is 316 g/mol. The predicted octanol–water partition coefficient (Wildman–Crippen LogP) is 3.04. The molecule has 0 aliphatic carbocycles. The van der Waals surface area contributed by atoms with Crippen LogP contribution >= 0.6 is 24.0 Å². The first-order chi connectivity index (χ1) is 10.2. The molecule has 2 aromatic rings. The summed E-state index contributed by atoms with van der Waals surface area (Å²) in [6, 6.07) is 11.8. The molecular weight excluding hydrogens is 304 g/mol. The highest BCUT2D eigenvalue weighted by molar-refractivity contribution is 8.23. The fraction of sp³-hybridized carbons (Fsp3) is 0.133. The number of hydrogen-bond acceptors (Lipinski definition) is 5. The molecular formula is C15H12N2O2S2. The van der Waals surface area contributed by atoms with Gasteiger partial charge in [-0.1, -0.05) is 54.3 Å². The van der Waals surface area contributed by atoms with Gasteiger partial charge >= 0.3 is 0 Å². The van der Waals surface area contributed by atoms with Crippen LogP contribution in [0.1, 0.15) is 5.56 Å². The van der Waals surface area contributed by atoms with E-state index in [0.29, 0.717) is 15.8 Å². The summed E-state index contributed by atoms with van der Waals surface area (Å²) in [5.41, 5.74) is 0.836. The summed E-state index contributed by atoms with van der Waals surface area (Å²) in [4.78, 5) is 11.7. The van der Waals surface area contributed by atoms with Gasteiger partial charge in [-0.3, -0.25) is 4.79 Å². The molecule has 21 heavy (non-hydrogen) atoms. The number of nitrogens with zero attached hydrogens (tertiary/aromatic N) is 2. The molecule has 1 saturated heterocycles. The number of methoxy groups -OCH3 is 1. The lowest BCUT2D eigenvalue weighted by molar-refractivity contribution is -0.123. The standard InChI is InChI=1S/C15H12N2O2S2/c1-19-13-7-6-10-4-2-3-5-11(10)12(13)8-16-17-14(18)9-21-15(17)20/h2-8H,9H2,1H3/b16-8-. The van der Waals surface area contributed by atoms with Crippen molar-refractivity contribution >= 4 is 51.2 Å². The van der Waals surface area contributed by atoms with Gasteiger partial charge in [0, 0.05) is 5.56 Å². The van der Waals surface area contributed by atoms with Gasteiger partial charge in [-0.15, -0.1) is 0 Å². The highest BCUT2D eigenvalue weighted by Gasteiger charge is 2.26. The maximum absolute atomic E-state index is 11.7. The number of benzene rings is 2. The number of thiocarbonyl (C=S) groups is 1. The van der Waals surface area contributed by atoms with E-state index in [-0.39, 0.29) is 5.91 Å². The number of carbonyl (C=O) groups is 1. The maximum atomic E-state index is 11.7. The van der Waals surface area contributed by atoms with Gasteiger partial charge in [0.1, 0.15) is 5.75 Å². The molecule has 3 rings (SSSR count). The van der Waals surface area contributed by atoms with Crippen LogP contribution in [0.4, 0.5) is 0 Å². The highest BCUT2D eigenvalue weighted by atomic mass is 32.2. The molecule has 0 saturated carbocycles. The minimum absolute atomic E-state index is 0.0968. The zero-order valence-corrected chi connectivity index (χ0v) is 12.9. The molecule has 1 aliphatic heterocycles. The van der Waals surface area contributed by atoms with Crippen LogP contribution in [0, 0.1) is 0 Å². The molecule has 6 heteroatoms. The Morgan fingerprint density at radius 3 is 2.86 bits per heavy atom. The van der Waals surface area contributed by atoms with Gasteiger partial charge in [0.15, 0.2) is 4.32 Å². The van der Waals surface area contributed by atoms with Crippen molar-refractivity contribution < 1.29 is 9.53 Å². The second kappa shape index (κ2) is 5.83. The Morgan fingerprint density at radius 2 is 2.14 bits per heavy atom. The Labute approximate surface area is 131 Å². The van der Waals surface area contributed by atoms with Crippen molar-refractivity contribution in [1.29, 1.82) is 0 Å². The van der Waals surface area contributed by atoms with E-state index in [1.54, 1.807) is 13.3 Å². The van der Waals surface area contributed by atoms with Gasteiger partial charge in [-0.25, -0.2) is 0 Å². The van der Waals surface area contributed by atoms with Crippen molar-refractivity contribution in [2.24, 2.45) is 5.10 Å². The van der Waals surface area contributed by atoms with Gasteiger partial charge in [0.05, 0.1) is 19.1 Å². The van der Waals surface area contributed by atoms with Crippen molar-refractivity contribution in [3.05, 3.63) is 42.0 Å². The van der Waals surface area contributed by atoms with Crippen molar-refractivity contribution in [1.82, 2.24) is 5.01 Å². The summed E-state index contributed by atoms with van der Waals surface area (Å²) in [7, 11) is 1.61. The zero-order valence-electron chi connectivity index (χ0n) is 11.3. The smallest absolute Gasteiger partial charge is 0.259 e. The van der Waals surface area contributed by atoms with Crippen LogP contribution < -0.4 is 4.74 Å². The number of amides is 1. The van der Waals surface area contributed by atoms with Crippen molar-refractivity contribution in [2.75, 3.05) is 12.9 Å². The Kier molecular flexibility index (Phi) is 3.90. The average molecular weight is 316 g/mol. The van der Waals surface area contributed by atoms with E-state index >= 15 is 0 Å². The molecule has 0 atom stereocenters. The van der Waals surface area contributed by atoms with Gasteiger partial charge < -0.3 is 4.74 Å². The third kappa shape index (κ3) is 2.64. The van der Waals surface area contributed by atoms with Crippen molar-refractivity contribution in [3.8, 4) is 5.75 Å². The largest absolute Gasteiger partial charge is 0.496 e. The molecule has 1 aliphatic rings. The minimum atomic E-state index is -0.0968. The lowest BCUT2D eigenvalue weighted by Gasteiger charge is -2.10. The number of rotatable bonds is 3. The van der Waals surface area contributed by atoms with Crippen LogP contribution in [-0.2, 0) is 4.79 Å². The molecule has 1 amide bonds. The third-order valence-corrected chi connectivity index (χ3v) is 4.52. The van der Waals surface area contributed by atoms with Crippen LogP contribution in [0.3, 0.4) is 0 Å². The number of hydrazone groups is 1. The first kappa shape index (κ1) is 14.0. The molecule has 0 radical (unpaired) electrons. The lowest BCUT2D eigenvalue weighted by Crippen LogP contribution is -2.22. The molecule has 1 heterocycles. The first-order valence-corrected chi connectivity index (χ1v) is 7.69.